The number of methoxy groups -OCH3 is 1. The number of benzene rings is 2. The van der Waals surface area contributed by atoms with Crippen LogP contribution in [0.1, 0.15) is 16.1 Å². The molecule has 1 aromatic heterocycles. The van der Waals surface area contributed by atoms with Crippen LogP contribution in [0.3, 0.4) is 0 Å². The molecule has 28 heavy (non-hydrogen) atoms. The van der Waals surface area contributed by atoms with Gasteiger partial charge in [0.1, 0.15) is 0 Å². The number of carbonyl (C=O) groups excluding carboxylic acids is 1. The lowest BCUT2D eigenvalue weighted by atomic mass is 10.2. The molecule has 3 aromatic rings. The Kier molecular flexibility index (Phi) is 5.16. The summed E-state index contributed by atoms with van der Waals surface area (Å²) >= 11 is 0. The molecule has 0 aliphatic rings. The van der Waals surface area contributed by atoms with E-state index in [2.05, 4.69) is 10.4 Å². The summed E-state index contributed by atoms with van der Waals surface area (Å²) in [5.41, 5.74) is 0.955. The lowest BCUT2D eigenvalue weighted by Gasteiger charge is -2.11. The van der Waals surface area contributed by atoms with E-state index in [0.29, 0.717) is 5.69 Å². The van der Waals surface area contributed by atoms with Crippen molar-refractivity contribution in [2.75, 3.05) is 12.4 Å². The normalized spacial score (nSPS) is 10.4. The smallest absolute Gasteiger partial charge is 0.280 e. The molecule has 1 heterocycles. The number of amides is 1. The van der Waals surface area contributed by atoms with Gasteiger partial charge in [0.25, 0.3) is 17.2 Å². The third-order valence-corrected chi connectivity index (χ3v) is 3.93. The van der Waals surface area contributed by atoms with Crippen molar-refractivity contribution >= 4 is 17.3 Å². The lowest BCUT2D eigenvalue weighted by molar-refractivity contribution is -0.384. The van der Waals surface area contributed by atoms with Crippen molar-refractivity contribution in [2.45, 2.75) is 6.92 Å². The zero-order valence-electron chi connectivity index (χ0n) is 15.1. The topological polar surface area (TPSA) is 116 Å². The average Bonchev–Trinajstić information content (AvgIpc) is 2.68. The van der Waals surface area contributed by atoms with Crippen LogP contribution in [0.15, 0.2) is 59.4 Å². The van der Waals surface area contributed by atoms with Crippen LogP contribution in [-0.4, -0.2) is 27.7 Å². The number of carbonyl (C=O) groups is 1. The second-order valence-electron chi connectivity index (χ2n) is 5.91. The molecule has 0 saturated heterocycles. The van der Waals surface area contributed by atoms with Gasteiger partial charge in [0.05, 0.1) is 23.8 Å². The van der Waals surface area contributed by atoms with E-state index < -0.39 is 16.4 Å². The van der Waals surface area contributed by atoms with Crippen LogP contribution in [0.4, 0.5) is 11.4 Å². The number of nitro benzene ring substituents is 1. The second-order valence-corrected chi connectivity index (χ2v) is 5.91. The largest absolute Gasteiger partial charge is 0.494 e. The number of aryl methyl sites for hydroxylation is 1. The van der Waals surface area contributed by atoms with E-state index in [4.69, 9.17) is 4.74 Å². The van der Waals surface area contributed by atoms with Crippen molar-refractivity contribution in [1.29, 1.82) is 0 Å². The van der Waals surface area contributed by atoms with Crippen LogP contribution in [0, 0.1) is 17.0 Å². The maximum atomic E-state index is 12.7. The summed E-state index contributed by atoms with van der Waals surface area (Å²) in [6, 6.07) is 13.7. The van der Waals surface area contributed by atoms with Gasteiger partial charge in [0.2, 0.25) is 0 Å². The number of nitro groups is 1. The maximum Gasteiger partial charge on any atom is 0.280 e. The number of ether oxygens (including phenoxy) is 1. The van der Waals surface area contributed by atoms with E-state index in [1.807, 2.05) is 19.1 Å². The van der Waals surface area contributed by atoms with E-state index in [9.17, 15) is 19.7 Å². The molecule has 0 bridgehead atoms. The van der Waals surface area contributed by atoms with Gasteiger partial charge in [-0.15, -0.1) is 0 Å². The molecule has 0 radical (unpaired) electrons. The first-order valence-corrected chi connectivity index (χ1v) is 8.20. The number of nitrogens with zero attached hydrogens (tertiary/aromatic N) is 3. The van der Waals surface area contributed by atoms with Crippen molar-refractivity contribution in [3.63, 3.8) is 0 Å². The van der Waals surface area contributed by atoms with Gasteiger partial charge in [0, 0.05) is 17.8 Å². The summed E-state index contributed by atoms with van der Waals surface area (Å²) in [5.74, 6) is -0.672. The molecule has 0 aliphatic heterocycles. The van der Waals surface area contributed by atoms with Crippen molar-refractivity contribution in [1.82, 2.24) is 9.78 Å². The van der Waals surface area contributed by atoms with Crippen LogP contribution in [-0.2, 0) is 0 Å². The summed E-state index contributed by atoms with van der Waals surface area (Å²) in [6.07, 6.45) is 0. The van der Waals surface area contributed by atoms with E-state index >= 15 is 0 Å². The Hall–Kier alpha value is -4.01. The quantitative estimate of drug-likeness (QED) is 0.537. The minimum Gasteiger partial charge on any atom is -0.494 e. The Morgan fingerprint density at radius 1 is 1.18 bits per heavy atom. The number of nitrogens with one attached hydrogen (secondary N) is 1. The molecule has 1 amide bonds. The number of anilines is 1. The molecule has 0 unspecified atom stereocenters. The molecule has 0 atom stereocenters. The number of hydrogen-bond donors (Lipinski definition) is 1. The Labute approximate surface area is 159 Å². The van der Waals surface area contributed by atoms with Crippen LogP contribution in [0.5, 0.6) is 5.75 Å². The first-order valence-electron chi connectivity index (χ1n) is 8.20. The van der Waals surface area contributed by atoms with Gasteiger partial charge in [-0.1, -0.05) is 23.8 Å². The monoisotopic (exact) mass is 380 g/mol. The summed E-state index contributed by atoms with van der Waals surface area (Å²) in [4.78, 5) is 35.4. The fourth-order valence-corrected chi connectivity index (χ4v) is 2.51. The highest BCUT2D eigenvalue weighted by Gasteiger charge is 2.19. The summed E-state index contributed by atoms with van der Waals surface area (Å²) in [7, 11) is 1.32. The number of non-ortho nitro benzene ring substituents is 1. The molecule has 0 spiro atoms. The highest BCUT2D eigenvalue weighted by atomic mass is 16.6. The SMILES string of the molecule is COc1cc(=O)n(-c2ccc(C)cc2)nc1C(=O)Nc1cccc([N+](=O)[O-])c1. The first-order chi connectivity index (χ1) is 13.4. The predicted octanol–water partition coefficient (Wildman–Crippen LogP) is 2.71. The van der Waals surface area contributed by atoms with E-state index in [1.54, 1.807) is 12.1 Å². The molecule has 9 nitrogen and oxygen atoms in total. The fourth-order valence-electron chi connectivity index (χ4n) is 2.51. The van der Waals surface area contributed by atoms with Crippen LogP contribution in [0.2, 0.25) is 0 Å². The first kappa shape index (κ1) is 18.8. The van der Waals surface area contributed by atoms with E-state index in [-0.39, 0.29) is 22.8 Å². The Morgan fingerprint density at radius 3 is 2.54 bits per heavy atom. The molecule has 2 aromatic carbocycles. The van der Waals surface area contributed by atoms with Gasteiger partial charge in [-0.3, -0.25) is 19.7 Å². The minimum absolute atomic E-state index is 0.00343. The van der Waals surface area contributed by atoms with Gasteiger partial charge >= 0.3 is 0 Å². The summed E-state index contributed by atoms with van der Waals surface area (Å²) < 4.78 is 6.20. The standard InChI is InChI=1S/C19H16N4O5/c1-12-6-8-14(9-7-12)22-17(24)11-16(28-2)18(21-22)19(25)20-13-4-3-5-15(10-13)23(26)27/h3-11H,1-2H3,(H,20,25). The van der Waals surface area contributed by atoms with Gasteiger partial charge < -0.3 is 10.1 Å². The zero-order valence-corrected chi connectivity index (χ0v) is 15.1. The average molecular weight is 380 g/mol. The minimum atomic E-state index is -0.668. The predicted molar refractivity (Wildman–Crippen MR) is 102 cm³/mol. The Morgan fingerprint density at radius 2 is 1.89 bits per heavy atom. The molecular formula is C19H16N4O5. The van der Waals surface area contributed by atoms with Crippen LogP contribution in [0.25, 0.3) is 5.69 Å². The number of rotatable bonds is 5. The highest BCUT2D eigenvalue weighted by Crippen LogP contribution is 2.20. The molecule has 142 valence electrons. The van der Waals surface area contributed by atoms with Crippen LogP contribution >= 0.6 is 0 Å². The van der Waals surface area contributed by atoms with Crippen LogP contribution < -0.4 is 15.6 Å². The van der Waals surface area contributed by atoms with Gasteiger partial charge in [-0.2, -0.15) is 9.78 Å². The Bertz CT molecular complexity index is 1110. The molecule has 9 heteroatoms. The van der Waals surface area contributed by atoms with Gasteiger partial charge in [0.15, 0.2) is 11.4 Å². The summed E-state index contributed by atoms with van der Waals surface area (Å²) in [6.45, 7) is 1.91. The fraction of sp³-hybridized carbons (Fsp3) is 0.105. The molecule has 1 N–H and O–H groups in total. The summed E-state index contributed by atoms with van der Waals surface area (Å²) in [5, 5.41) is 17.6. The number of aromatic nitrogens is 2. The molecule has 3 rings (SSSR count). The lowest BCUT2D eigenvalue weighted by Crippen LogP contribution is -2.26. The van der Waals surface area contributed by atoms with Crippen molar-refractivity contribution in [3.05, 3.63) is 86.3 Å². The third-order valence-electron chi connectivity index (χ3n) is 3.93. The van der Waals surface area contributed by atoms with Gasteiger partial charge in [-0.25, -0.2) is 0 Å². The highest BCUT2D eigenvalue weighted by molar-refractivity contribution is 6.04. The molecule has 0 saturated carbocycles. The van der Waals surface area contributed by atoms with Crippen molar-refractivity contribution < 1.29 is 14.5 Å². The number of hydrogen-bond acceptors (Lipinski definition) is 6. The van der Waals surface area contributed by atoms with E-state index in [1.165, 1.54) is 31.4 Å². The molecule has 0 fully saturated rings. The zero-order chi connectivity index (χ0) is 20.3. The second kappa shape index (κ2) is 7.70. The Balaban J connectivity index is 2.00. The third kappa shape index (κ3) is 3.88. The molecular weight excluding hydrogens is 364 g/mol. The molecule has 0 aliphatic carbocycles. The van der Waals surface area contributed by atoms with Crippen molar-refractivity contribution in [2.24, 2.45) is 0 Å². The van der Waals surface area contributed by atoms with Gasteiger partial charge in [-0.05, 0) is 25.1 Å². The maximum absolute atomic E-state index is 12.7. The van der Waals surface area contributed by atoms with E-state index in [0.717, 1.165) is 16.3 Å². The van der Waals surface area contributed by atoms with Crippen molar-refractivity contribution in [3.8, 4) is 11.4 Å².